The second-order valence-corrected chi connectivity index (χ2v) is 4.74. The van der Waals surface area contributed by atoms with Crippen LogP contribution in [0.4, 0.5) is 0 Å². The van der Waals surface area contributed by atoms with Crippen LogP contribution in [0.5, 0.6) is 11.5 Å². The van der Waals surface area contributed by atoms with Crippen LogP contribution in [-0.4, -0.2) is 53.0 Å². The smallest absolute Gasteiger partial charge is 0.337 e. The van der Waals surface area contributed by atoms with Crippen molar-refractivity contribution in [3.8, 4) is 17.6 Å². The Bertz CT molecular complexity index is 678. The molecule has 0 bridgehead atoms. The third kappa shape index (κ3) is 6.63. The summed E-state index contributed by atoms with van der Waals surface area (Å²) in [5, 5.41) is 11.7. The maximum atomic E-state index is 11.9. The molecule has 25 heavy (non-hydrogen) atoms. The van der Waals surface area contributed by atoms with Crippen molar-refractivity contribution in [3.63, 3.8) is 0 Å². The first-order valence-electron chi connectivity index (χ1n) is 7.32. The fourth-order valence-corrected chi connectivity index (χ4v) is 1.81. The SMILES string of the molecule is COCCNC(=O)/C(C#N)=C/c1ccc(OC(=O)COC)c(OC)c1. The average molecular weight is 348 g/mol. The second-order valence-electron chi connectivity index (χ2n) is 4.74. The summed E-state index contributed by atoms with van der Waals surface area (Å²) in [6.07, 6.45) is 1.41. The Morgan fingerprint density at radius 1 is 1.20 bits per heavy atom. The molecule has 0 aliphatic carbocycles. The number of nitrogens with zero attached hydrogens (tertiary/aromatic N) is 1. The van der Waals surface area contributed by atoms with E-state index in [-0.39, 0.29) is 23.7 Å². The lowest BCUT2D eigenvalue weighted by molar-refractivity contribution is -0.138. The topological polar surface area (TPSA) is 107 Å². The zero-order chi connectivity index (χ0) is 18.7. The Morgan fingerprint density at radius 3 is 2.56 bits per heavy atom. The highest BCUT2D eigenvalue weighted by atomic mass is 16.6. The van der Waals surface area contributed by atoms with Crippen LogP contribution in [0.1, 0.15) is 5.56 Å². The summed E-state index contributed by atoms with van der Waals surface area (Å²) in [6, 6.07) is 6.50. The predicted octanol–water partition coefficient (Wildman–Crippen LogP) is 0.917. The van der Waals surface area contributed by atoms with E-state index in [1.807, 2.05) is 6.07 Å². The van der Waals surface area contributed by atoms with Gasteiger partial charge < -0.3 is 24.3 Å². The zero-order valence-electron chi connectivity index (χ0n) is 14.3. The molecule has 0 saturated heterocycles. The minimum absolute atomic E-state index is 0.0673. The lowest BCUT2D eigenvalue weighted by atomic mass is 10.1. The molecule has 0 aliphatic rings. The zero-order valence-corrected chi connectivity index (χ0v) is 14.3. The van der Waals surface area contributed by atoms with Gasteiger partial charge in [-0.15, -0.1) is 0 Å². The lowest BCUT2D eigenvalue weighted by Gasteiger charge is -2.10. The van der Waals surface area contributed by atoms with Gasteiger partial charge in [-0.3, -0.25) is 4.79 Å². The Hall–Kier alpha value is -2.89. The van der Waals surface area contributed by atoms with E-state index in [9.17, 15) is 9.59 Å². The minimum atomic E-state index is -0.570. The van der Waals surface area contributed by atoms with Gasteiger partial charge in [0.25, 0.3) is 5.91 Å². The summed E-state index contributed by atoms with van der Waals surface area (Å²) in [5.74, 6) is -0.575. The molecule has 0 saturated carbocycles. The van der Waals surface area contributed by atoms with Gasteiger partial charge in [0.05, 0.1) is 13.7 Å². The molecule has 134 valence electrons. The van der Waals surface area contributed by atoms with Crippen molar-refractivity contribution in [1.82, 2.24) is 5.32 Å². The van der Waals surface area contributed by atoms with Crippen molar-refractivity contribution in [2.24, 2.45) is 0 Å². The fraction of sp³-hybridized carbons (Fsp3) is 0.353. The average Bonchev–Trinajstić information content (AvgIpc) is 2.60. The van der Waals surface area contributed by atoms with E-state index in [0.717, 1.165) is 0 Å². The lowest BCUT2D eigenvalue weighted by Crippen LogP contribution is -2.27. The maximum Gasteiger partial charge on any atom is 0.337 e. The van der Waals surface area contributed by atoms with Gasteiger partial charge in [0.15, 0.2) is 11.5 Å². The van der Waals surface area contributed by atoms with Crippen LogP contribution < -0.4 is 14.8 Å². The number of esters is 1. The highest BCUT2D eigenvalue weighted by Gasteiger charge is 2.12. The molecule has 8 nitrogen and oxygen atoms in total. The number of methoxy groups -OCH3 is 3. The van der Waals surface area contributed by atoms with Crippen molar-refractivity contribution in [1.29, 1.82) is 5.26 Å². The molecule has 0 spiro atoms. The minimum Gasteiger partial charge on any atom is -0.493 e. The Kier molecular flexibility index (Phi) is 8.71. The normalized spacial score (nSPS) is 10.7. The van der Waals surface area contributed by atoms with Gasteiger partial charge in [-0.2, -0.15) is 5.26 Å². The summed E-state index contributed by atoms with van der Waals surface area (Å²) in [4.78, 5) is 23.4. The molecule has 1 amide bonds. The third-order valence-corrected chi connectivity index (χ3v) is 2.94. The highest BCUT2D eigenvalue weighted by molar-refractivity contribution is 6.01. The quantitative estimate of drug-likeness (QED) is 0.232. The maximum absolute atomic E-state index is 11.9. The molecule has 0 radical (unpaired) electrons. The number of hydrogen-bond acceptors (Lipinski definition) is 7. The largest absolute Gasteiger partial charge is 0.493 e. The van der Waals surface area contributed by atoms with Crippen LogP contribution in [0.15, 0.2) is 23.8 Å². The number of carbonyl (C=O) groups excluding carboxylic acids is 2. The van der Waals surface area contributed by atoms with Crippen molar-refractivity contribution in [2.75, 3.05) is 41.1 Å². The fourth-order valence-electron chi connectivity index (χ4n) is 1.81. The van der Waals surface area contributed by atoms with Gasteiger partial charge in [-0.25, -0.2) is 4.79 Å². The van der Waals surface area contributed by atoms with Gasteiger partial charge in [-0.05, 0) is 23.8 Å². The van der Waals surface area contributed by atoms with Crippen LogP contribution in [0.3, 0.4) is 0 Å². The van der Waals surface area contributed by atoms with E-state index in [1.165, 1.54) is 33.5 Å². The van der Waals surface area contributed by atoms with E-state index in [2.05, 4.69) is 5.32 Å². The van der Waals surface area contributed by atoms with Crippen molar-refractivity contribution in [3.05, 3.63) is 29.3 Å². The van der Waals surface area contributed by atoms with E-state index in [0.29, 0.717) is 18.7 Å². The summed E-state index contributed by atoms with van der Waals surface area (Å²) >= 11 is 0. The monoisotopic (exact) mass is 348 g/mol. The van der Waals surface area contributed by atoms with E-state index < -0.39 is 11.9 Å². The predicted molar refractivity (Wildman–Crippen MR) is 89.0 cm³/mol. The number of rotatable bonds is 9. The molecule has 0 fully saturated rings. The van der Waals surface area contributed by atoms with Crippen LogP contribution in [0, 0.1) is 11.3 Å². The Balaban J connectivity index is 2.95. The first-order valence-corrected chi connectivity index (χ1v) is 7.32. The molecule has 1 aromatic rings. The Morgan fingerprint density at radius 2 is 1.96 bits per heavy atom. The van der Waals surface area contributed by atoms with E-state index in [1.54, 1.807) is 12.1 Å². The molecule has 0 aromatic heterocycles. The van der Waals surface area contributed by atoms with E-state index in [4.69, 9.17) is 24.2 Å². The number of amides is 1. The Labute approximate surface area is 145 Å². The molecule has 1 aromatic carbocycles. The molecule has 0 aliphatic heterocycles. The third-order valence-electron chi connectivity index (χ3n) is 2.94. The van der Waals surface area contributed by atoms with Gasteiger partial charge in [0, 0.05) is 20.8 Å². The first-order chi connectivity index (χ1) is 12.0. The molecule has 8 heteroatoms. The van der Waals surface area contributed by atoms with Gasteiger partial charge in [0.1, 0.15) is 18.2 Å². The number of carbonyl (C=O) groups is 2. The summed E-state index contributed by atoms with van der Waals surface area (Å²) in [6.45, 7) is 0.455. The highest BCUT2D eigenvalue weighted by Crippen LogP contribution is 2.29. The van der Waals surface area contributed by atoms with Crippen LogP contribution in [0.25, 0.3) is 6.08 Å². The molecule has 0 unspecified atom stereocenters. The van der Waals surface area contributed by atoms with Crippen LogP contribution in [-0.2, 0) is 19.1 Å². The van der Waals surface area contributed by atoms with Gasteiger partial charge in [0.2, 0.25) is 0 Å². The standard InChI is InChI=1S/C17H20N2O6/c1-22-7-6-19-17(21)13(10-18)8-12-4-5-14(15(9-12)24-3)25-16(20)11-23-2/h4-5,8-9H,6-7,11H2,1-3H3,(H,19,21)/b13-8+. The van der Waals surface area contributed by atoms with Crippen molar-refractivity contribution >= 4 is 18.0 Å². The first kappa shape index (κ1) is 20.2. The molecular weight excluding hydrogens is 328 g/mol. The number of nitrogens with one attached hydrogen (secondary N) is 1. The molecule has 0 atom stereocenters. The summed E-state index contributed by atoms with van der Waals surface area (Å²) < 4.78 is 19.8. The van der Waals surface area contributed by atoms with Crippen molar-refractivity contribution < 1.29 is 28.5 Å². The molecule has 0 heterocycles. The number of nitriles is 1. The van der Waals surface area contributed by atoms with E-state index >= 15 is 0 Å². The van der Waals surface area contributed by atoms with Gasteiger partial charge >= 0.3 is 5.97 Å². The molecule has 1 N–H and O–H groups in total. The van der Waals surface area contributed by atoms with Gasteiger partial charge in [-0.1, -0.05) is 6.07 Å². The van der Waals surface area contributed by atoms with Crippen LogP contribution >= 0.6 is 0 Å². The molecule has 1 rings (SSSR count). The summed E-state index contributed by atoms with van der Waals surface area (Å²) in [7, 11) is 4.31. The number of ether oxygens (including phenoxy) is 4. The summed E-state index contributed by atoms with van der Waals surface area (Å²) in [5.41, 5.74) is 0.476. The molecular formula is C17H20N2O6. The van der Waals surface area contributed by atoms with Crippen LogP contribution in [0.2, 0.25) is 0 Å². The number of hydrogen-bond donors (Lipinski definition) is 1. The second kappa shape index (κ2) is 10.8. The van der Waals surface area contributed by atoms with Crippen molar-refractivity contribution in [2.45, 2.75) is 0 Å². The number of benzene rings is 1.